The molecular weight excluding hydrogens is 522 g/mol. The van der Waals surface area contributed by atoms with Crippen molar-refractivity contribution in [1.29, 1.82) is 0 Å². The Kier molecular flexibility index (Phi) is 7.16. The number of likely N-dealkylation sites (tertiary alicyclic amines) is 1. The Labute approximate surface area is 230 Å². The number of piperazine rings is 1. The fourth-order valence-corrected chi connectivity index (χ4v) is 7.39. The first-order valence-electron chi connectivity index (χ1n) is 13.3. The summed E-state index contributed by atoms with van der Waals surface area (Å²) >= 11 is 2.09. The van der Waals surface area contributed by atoms with Crippen LogP contribution in [0.5, 0.6) is 0 Å². The summed E-state index contributed by atoms with van der Waals surface area (Å²) in [5.74, 6) is -1.14. The maximum Gasteiger partial charge on any atom is 0.310 e. The molecule has 2 saturated heterocycles. The summed E-state index contributed by atoms with van der Waals surface area (Å²) in [6, 6.07) is 11.8. The number of thioether (sulfide) groups is 1. The van der Waals surface area contributed by atoms with Gasteiger partial charge in [-0.1, -0.05) is 24.3 Å². The Morgan fingerprint density at radius 2 is 1.79 bits per heavy atom. The number of piperidine rings is 1. The minimum Gasteiger partial charge on any atom is -0.432 e. The minimum absolute atomic E-state index is 0.0476. The third-order valence-electron chi connectivity index (χ3n) is 8.02. The van der Waals surface area contributed by atoms with E-state index in [2.05, 4.69) is 45.9 Å². The predicted molar refractivity (Wildman–Crippen MR) is 144 cm³/mol. The first-order chi connectivity index (χ1) is 18.9. The molecule has 2 amide bonds. The van der Waals surface area contributed by atoms with E-state index < -0.39 is 17.5 Å². The van der Waals surface area contributed by atoms with Gasteiger partial charge in [-0.15, -0.1) is 11.8 Å². The van der Waals surface area contributed by atoms with E-state index in [4.69, 9.17) is 4.42 Å². The van der Waals surface area contributed by atoms with E-state index in [1.54, 1.807) is 0 Å². The zero-order valence-electron chi connectivity index (χ0n) is 21.6. The first-order valence-corrected chi connectivity index (χ1v) is 14.3. The largest absolute Gasteiger partial charge is 0.432 e. The molecular formula is C29H30F2N4O3S. The Hall–Kier alpha value is -3.24. The minimum atomic E-state index is -0.751. The summed E-state index contributed by atoms with van der Waals surface area (Å²) in [5, 5.41) is 0. The smallest absolute Gasteiger partial charge is 0.310 e. The van der Waals surface area contributed by atoms with Gasteiger partial charge in [0.25, 0.3) is 5.89 Å². The lowest BCUT2D eigenvalue weighted by molar-refractivity contribution is -0.135. The van der Waals surface area contributed by atoms with Gasteiger partial charge < -0.3 is 19.1 Å². The van der Waals surface area contributed by atoms with Crippen LogP contribution in [-0.2, 0) is 15.3 Å². The van der Waals surface area contributed by atoms with Crippen LogP contribution in [0.4, 0.5) is 8.78 Å². The molecule has 0 unspecified atom stereocenters. The van der Waals surface area contributed by atoms with E-state index in [-0.39, 0.29) is 34.4 Å². The molecule has 3 aliphatic heterocycles. The van der Waals surface area contributed by atoms with Gasteiger partial charge in [0.1, 0.15) is 18.2 Å². The van der Waals surface area contributed by atoms with Gasteiger partial charge in [0, 0.05) is 41.8 Å². The lowest BCUT2D eigenvalue weighted by Gasteiger charge is -2.40. The highest BCUT2D eigenvalue weighted by Gasteiger charge is 2.41. The van der Waals surface area contributed by atoms with Crippen LogP contribution in [0.2, 0.25) is 0 Å². The number of rotatable bonds is 6. The molecule has 0 aliphatic carbocycles. The molecule has 10 heteroatoms. The van der Waals surface area contributed by atoms with Gasteiger partial charge in [-0.2, -0.15) is 0 Å². The van der Waals surface area contributed by atoms with Crippen LogP contribution < -0.4 is 0 Å². The standard InChI is InChI=1S/C29H30F2N4O3S/c30-22-14-21(15-23(31)16-22)25-17-32-27(38-25)28(37)35-13-12-34(26(36)18-35)9-3-8-33-10-6-29(7-11-33)24-5-2-1-4-20(24)19-39-29/h1-2,4-5,14-17H,3,6-13,18-19H2. The molecule has 3 aromatic rings. The normalized spacial score (nSPS) is 19.1. The summed E-state index contributed by atoms with van der Waals surface area (Å²) in [4.78, 5) is 35.4. The zero-order chi connectivity index (χ0) is 27.0. The van der Waals surface area contributed by atoms with E-state index in [0.717, 1.165) is 62.8 Å². The van der Waals surface area contributed by atoms with Gasteiger partial charge in [-0.05, 0) is 62.2 Å². The third kappa shape index (κ3) is 5.32. The monoisotopic (exact) mass is 552 g/mol. The van der Waals surface area contributed by atoms with Gasteiger partial charge in [0.2, 0.25) is 5.91 Å². The van der Waals surface area contributed by atoms with Crippen LogP contribution in [0.1, 0.15) is 41.1 Å². The SMILES string of the molecule is O=C1CN(C(=O)c2ncc(-c3cc(F)cc(F)c3)o2)CCN1CCCN1CCC2(CC1)SCc1ccccc12. The molecule has 4 heterocycles. The van der Waals surface area contributed by atoms with E-state index in [9.17, 15) is 18.4 Å². The van der Waals surface area contributed by atoms with Crippen molar-refractivity contribution in [2.75, 3.05) is 45.8 Å². The molecule has 0 bridgehead atoms. The van der Waals surface area contributed by atoms with Crippen molar-refractivity contribution in [1.82, 2.24) is 19.7 Å². The molecule has 6 rings (SSSR count). The lowest BCUT2D eigenvalue weighted by atomic mass is 9.86. The second kappa shape index (κ2) is 10.7. The van der Waals surface area contributed by atoms with Crippen LogP contribution in [-0.4, -0.2) is 77.3 Å². The number of benzene rings is 2. The molecule has 39 heavy (non-hydrogen) atoms. The molecule has 0 saturated carbocycles. The van der Waals surface area contributed by atoms with Crippen molar-refractivity contribution in [3.8, 4) is 11.3 Å². The number of hydrogen-bond donors (Lipinski definition) is 0. The molecule has 0 atom stereocenters. The van der Waals surface area contributed by atoms with E-state index in [1.807, 2.05) is 4.90 Å². The summed E-state index contributed by atoms with van der Waals surface area (Å²) in [5.41, 5.74) is 3.16. The highest BCUT2D eigenvalue weighted by molar-refractivity contribution is 7.99. The third-order valence-corrected chi connectivity index (χ3v) is 9.66. The van der Waals surface area contributed by atoms with Crippen LogP contribution in [0.25, 0.3) is 11.3 Å². The molecule has 1 spiro atoms. The Bertz CT molecular complexity index is 1370. The number of nitrogens with zero attached hydrogens (tertiary/aromatic N) is 4. The molecule has 204 valence electrons. The Morgan fingerprint density at radius 1 is 1.03 bits per heavy atom. The van der Waals surface area contributed by atoms with Crippen molar-refractivity contribution in [2.45, 2.75) is 29.8 Å². The first kappa shape index (κ1) is 26.0. The van der Waals surface area contributed by atoms with Gasteiger partial charge in [0.15, 0.2) is 5.76 Å². The summed E-state index contributed by atoms with van der Waals surface area (Å²) in [6.07, 6.45) is 4.46. The summed E-state index contributed by atoms with van der Waals surface area (Å²) in [7, 11) is 0. The van der Waals surface area contributed by atoms with Gasteiger partial charge in [0.05, 0.1) is 6.20 Å². The maximum absolute atomic E-state index is 13.5. The Morgan fingerprint density at radius 3 is 2.56 bits per heavy atom. The van der Waals surface area contributed by atoms with Crippen LogP contribution in [0, 0.1) is 11.6 Å². The number of oxazole rings is 1. The molecule has 2 aromatic carbocycles. The molecule has 0 N–H and O–H groups in total. The molecule has 2 fully saturated rings. The van der Waals surface area contributed by atoms with Crippen molar-refractivity contribution in [3.05, 3.63) is 77.3 Å². The highest BCUT2D eigenvalue weighted by Crippen LogP contribution is 2.53. The van der Waals surface area contributed by atoms with Crippen molar-refractivity contribution >= 4 is 23.6 Å². The second-order valence-corrected chi connectivity index (χ2v) is 11.8. The molecule has 1 aromatic heterocycles. The second-order valence-electron chi connectivity index (χ2n) is 10.4. The lowest BCUT2D eigenvalue weighted by Crippen LogP contribution is -2.52. The van der Waals surface area contributed by atoms with E-state index >= 15 is 0 Å². The van der Waals surface area contributed by atoms with Crippen LogP contribution in [0.3, 0.4) is 0 Å². The van der Waals surface area contributed by atoms with Gasteiger partial charge >= 0.3 is 5.91 Å². The number of amides is 2. The van der Waals surface area contributed by atoms with Crippen molar-refractivity contribution < 1.29 is 22.8 Å². The van der Waals surface area contributed by atoms with Crippen molar-refractivity contribution in [2.24, 2.45) is 0 Å². The Balaban J connectivity index is 0.965. The summed E-state index contributed by atoms with van der Waals surface area (Å²) < 4.78 is 32.8. The number of hydrogen-bond acceptors (Lipinski definition) is 6. The highest BCUT2D eigenvalue weighted by atomic mass is 32.2. The molecule has 0 radical (unpaired) electrons. The number of aromatic nitrogens is 1. The maximum atomic E-state index is 13.5. The fraction of sp³-hybridized carbons (Fsp3) is 0.414. The molecule has 7 nitrogen and oxygen atoms in total. The van der Waals surface area contributed by atoms with Crippen LogP contribution >= 0.6 is 11.8 Å². The average molecular weight is 553 g/mol. The quantitative estimate of drug-likeness (QED) is 0.448. The molecule has 3 aliphatic rings. The fourth-order valence-electron chi connectivity index (χ4n) is 5.88. The van der Waals surface area contributed by atoms with Gasteiger partial charge in [-0.25, -0.2) is 13.8 Å². The number of carbonyl (C=O) groups is 2. The number of carbonyl (C=O) groups excluding carboxylic acids is 2. The topological polar surface area (TPSA) is 69.9 Å². The van der Waals surface area contributed by atoms with Gasteiger partial charge in [-0.3, -0.25) is 9.59 Å². The van der Waals surface area contributed by atoms with E-state index in [0.29, 0.717) is 19.6 Å². The average Bonchev–Trinajstić information content (AvgIpc) is 3.56. The van der Waals surface area contributed by atoms with E-state index in [1.165, 1.54) is 22.2 Å². The predicted octanol–water partition coefficient (Wildman–Crippen LogP) is 4.53. The van der Waals surface area contributed by atoms with Crippen LogP contribution in [0.15, 0.2) is 53.1 Å². The summed E-state index contributed by atoms with van der Waals surface area (Å²) in [6.45, 7) is 4.52. The number of fused-ring (bicyclic) bond motifs is 2. The zero-order valence-corrected chi connectivity index (χ0v) is 22.4. The van der Waals surface area contributed by atoms with Crippen molar-refractivity contribution in [3.63, 3.8) is 0 Å². The number of halogens is 2.